The van der Waals surface area contributed by atoms with Crippen LogP contribution in [-0.2, 0) is 16.8 Å². The number of ether oxygens (including phenoxy) is 1. The maximum Gasteiger partial charge on any atom is 0.325 e. The Hall–Kier alpha value is -2.89. The molecule has 3 amide bonds. The number of benzene rings is 2. The van der Waals surface area contributed by atoms with Crippen LogP contribution in [0.2, 0.25) is 0 Å². The maximum absolute atomic E-state index is 12.9. The van der Waals surface area contributed by atoms with Gasteiger partial charge in [-0.15, -0.1) is 0 Å². The summed E-state index contributed by atoms with van der Waals surface area (Å²) in [7, 11) is 0. The van der Waals surface area contributed by atoms with Crippen molar-refractivity contribution in [1.82, 2.24) is 10.2 Å². The molecule has 1 N–H and O–H groups in total. The fourth-order valence-electron chi connectivity index (χ4n) is 3.17. The lowest BCUT2D eigenvalue weighted by atomic mass is 9.91. The number of nitrogens with zero attached hydrogens (tertiary/aromatic N) is 1. The van der Waals surface area contributed by atoms with Crippen molar-refractivity contribution < 1.29 is 18.7 Å². The molecule has 2 aromatic carbocycles. The van der Waals surface area contributed by atoms with E-state index in [4.69, 9.17) is 4.74 Å². The van der Waals surface area contributed by atoms with Gasteiger partial charge in [-0.05, 0) is 48.7 Å². The number of halogens is 1. The van der Waals surface area contributed by atoms with E-state index in [1.165, 1.54) is 29.8 Å². The van der Waals surface area contributed by atoms with Gasteiger partial charge in [0.2, 0.25) is 0 Å². The molecule has 0 saturated carbocycles. The maximum atomic E-state index is 12.9. The van der Waals surface area contributed by atoms with Gasteiger partial charge in [-0.1, -0.05) is 37.6 Å². The summed E-state index contributed by atoms with van der Waals surface area (Å²) < 4.78 is 18.4. The Kier molecular flexibility index (Phi) is 5.44. The van der Waals surface area contributed by atoms with Crippen molar-refractivity contribution in [3.8, 4) is 5.75 Å². The number of carbonyl (C=O) groups is 2. The summed E-state index contributed by atoms with van der Waals surface area (Å²) in [5.74, 6) is -0.173. The van der Waals surface area contributed by atoms with E-state index in [0.717, 1.165) is 23.3 Å². The average Bonchev–Trinajstić information content (AvgIpc) is 2.88. The molecule has 6 heteroatoms. The molecule has 1 atom stereocenters. The highest BCUT2D eigenvalue weighted by Gasteiger charge is 2.48. The first-order valence-electron chi connectivity index (χ1n) is 9.06. The van der Waals surface area contributed by atoms with Crippen LogP contribution in [0.4, 0.5) is 9.18 Å². The zero-order valence-corrected chi connectivity index (χ0v) is 15.5. The highest BCUT2D eigenvalue weighted by molar-refractivity contribution is 6.07. The van der Waals surface area contributed by atoms with Gasteiger partial charge in [-0.25, -0.2) is 9.18 Å². The highest BCUT2D eigenvalue weighted by atomic mass is 19.1. The summed E-state index contributed by atoms with van der Waals surface area (Å²) in [5.41, 5.74) is 0.867. The van der Waals surface area contributed by atoms with Gasteiger partial charge in [-0.3, -0.25) is 9.69 Å². The number of nitrogens with one attached hydrogen (secondary N) is 1. The molecule has 1 fully saturated rings. The molecule has 0 bridgehead atoms. The monoisotopic (exact) mass is 370 g/mol. The van der Waals surface area contributed by atoms with E-state index < -0.39 is 11.6 Å². The standard InChI is InChI=1S/C21H23FN2O3/c1-3-4-15-5-7-16(8-6-15)21(2)19(25)24(20(26)23-21)13-14-27-18-11-9-17(22)10-12-18/h5-12H,3-4,13-14H2,1-2H3,(H,23,26). The van der Waals surface area contributed by atoms with Crippen LogP contribution < -0.4 is 10.1 Å². The first-order valence-corrected chi connectivity index (χ1v) is 9.06. The molecule has 0 aliphatic carbocycles. The molecule has 3 rings (SSSR count). The minimum Gasteiger partial charge on any atom is -0.492 e. The van der Waals surface area contributed by atoms with Gasteiger partial charge in [0, 0.05) is 0 Å². The summed E-state index contributed by atoms with van der Waals surface area (Å²) in [6.07, 6.45) is 2.03. The minimum absolute atomic E-state index is 0.117. The minimum atomic E-state index is -1.09. The lowest BCUT2D eigenvalue weighted by Crippen LogP contribution is -2.41. The number of hydrogen-bond donors (Lipinski definition) is 1. The second-order valence-corrected chi connectivity index (χ2v) is 6.76. The van der Waals surface area contributed by atoms with Crippen LogP contribution in [0.5, 0.6) is 5.75 Å². The molecule has 27 heavy (non-hydrogen) atoms. The summed E-state index contributed by atoms with van der Waals surface area (Å²) in [6, 6.07) is 12.9. The fourth-order valence-corrected chi connectivity index (χ4v) is 3.17. The van der Waals surface area contributed by atoms with Crippen LogP contribution in [0.3, 0.4) is 0 Å². The quantitative estimate of drug-likeness (QED) is 0.758. The predicted octanol–water partition coefficient (Wildman–Crippen LogP) is 3.62. The average molecular weight is 370 g/mol. The van der Waals surface area contributed by atoms with Crippen LogP contribution >= 0.6 is 0 Å². The molecule has 142 valence electrons. The highest BCUT2D eigenvalue weighted by Crippen LogP contribution is 2.29. The number of hydrogen-bond acceptors (Lipinski definition) is 3. The Bertz CT molecular complexity index is 820. The third kappa shape index (κ3) is 3.94. The largest absolute Gasteiger partial charge is 0.492 e. The van der Waals surface area contributed by atoms with E-state index in [0.29, 0.717) is 5.75 Å². The van der Waals surface area contributed by atoms with Crippen molar-refractivity contribution in [3.05, 3.63) is 65.5 Å². The van der Waals surface area contributed by atoms with Crippen molar-refractivity contribution in [2.75, 3.05) is 13.2 Å². The van der Waals surface area contributed by atoms with E-state index in [2.05, 4.69) is 12.2 Å². The Labute approximate surface area is 158 Å². The number of amides is 3. The number of carbonyl (C=O) groups excluding carboxylic acids is 2. The first kappa shape index (κ1) is 18.9. The number of aryl methyl sites for hydroxylation is 1. The van der Waals surface area contributed by atoms with Gasteiger partial charge in [0.1, 0.15) is 23.7 Å². The van der Waals surface area contributed by atoms with Gasteiger partial charge < -0.3 is 10.1 Å². The number of rotatable bonds is 7. The van der Waals surface area contributed by atoms with Crippen molar-refractivity contribution >= 4 is 11.9 Å². The molecular formula is C21H23FN2O3. The van der Waals surface area contributed by atoms with E-state index in [1.807, 2.05) is 24.3 Å². The summed E-state index contributed by atoms with van der Waals surface area (Å²) in [5, 5.41) is 2.79. The predicted molar refractivity (Wildman–Crippen MR) is 99.9 cm³/mol. The lowest BCUT2D eigenvalue weighted by Gasteiger charge is -2.22. The fraction of sp³-hybridized carbons (Fsp3) is 0.333. The molecule has 1 heterocycles. The van der Waals surface area contributed by atoms with Gasteiger partial charge in [0.25, 0.3) is 5.91 Å². The van der Waals surface area contributed by atoms with Crippen molar-refractivity contribution in [1.29, 1.82) is 0 Å². The van der Waals surface area contributed by atoms with E-state index in [1.54, 1.807) is 6.92 Å². The second kappa shape index (κ2) is 7.78. The van der Waals surface area contributed by atoms with Crippen molar-refractivity contribution in [2.24, 2.45) is 0 Å². The Morgan fingerprint density at radius 2 is 1.74 bits per heavy atom. The molecule has 5 nitrogen and oxygen atoms in total. The topological polar surface area (TPSA) is 58.6 Å². The van der Waals surface area contributed by atoms with E-state index >= 15 is 0 Å². The summed E-state index contributed by atoms with van der Waals surface area (Å²) in [6.45, 7) is 4.08. The van der Waals surface area contributed by atoms with Crippen molar-refractivity contribution in [3.63, 3.8) is 0 Å². The Morgan fingerprint density at radius 3 is 2.37 bits per heavy atom. The first-order chi connectivity index (χ1) is 12.9. The van der Waals surface area contributed by atoms with Crippen LogP contribution in [-0.4, -0.2) is 30.0 Å². The molecule has 0 aromatic heterocycles. The molecule has 2 aromatic rings. The van der Waals surface area contributed by atoms with Crippen LogP contribution in [0.25, 0.3) is 0 Å². The molecule has 0 spiro atoms. The molecular weight excluding hydrogens is 347 g/mol. The van der Waals surface area contributed by atoms with Gasteiger partial charge >= 0.3 is 6.03 Å². The van der Waals surface area contributed by atoms with Gasteiger partial charge in [-0.2, -0.15) is 0 Å². The number of urea groups is 1. The van der Waals surface area contributed by atoms with E-state index in [-0.39, 0.29) is 24.9 Å². The molecule has 1 unspecified atom stereocenters. The van der Waals surface area contributed by atoms with Gasteiger partial charge in [0.15, 0.2) is 0 Å². The molecule has 1 saturated heterocycles. The van der Waals surface area contributed by atoms with Crippen LogP contribution in [0.15, 0.2) is 48.5 Å². The third-order valence-electron chi connectivity index (χ3n) is 4.74. The second-order valence-electron chi connectivity index (χ2n) is 6.76. The zero-order chi connectivity index (χ0) is 19.4. The summed E-state index contributed by atoms with van der Waals surface area (Å²) in [4.78, 5) is 26.3. The molecule has 0 radical (unpaired) electrons. The Balaban J connectivity index is 1.65. The van der Waals surface area contributed by atoms with Gasteiger partial charge in [0.05, 0.1) is 6.54 Å². The normalized spacial score (nSPS) is 19.3. The van der Waals surface area contributed by atoms with Crippen LogP contribution in [0.1, 0.15) is 31.4 Å². The van der Waals surface area contributed by atoms with E-state index in [9.17, 15) is 14.0 Å². The number of imide groups is 1. The van der Waals surface area contributed by atoms with Crippen LogP contribution in [0, 0.1) is 5.82 Å². The lowest BCUT2D eigenvalue weighted by molar-refractivity contribution is -0.131. The molecule has 1 aliphatic rings. The van der Waals surface area contributed by atoms with Crippen molar-refractivity contribution in [2.45, 2.75) is 32.2 Å². The Morgan fingerprint density at radius 1 is 1.07 bits per heavy atom. The molecule has 1 aliphatic heterocycles. The third-order valence-corrected chi connectivity index (χ3v) is 4.74. The SMILES string of the molecule is CCCc1ccc(C2(C)NC(=O)N(CCOc3ccc(F)cc3)C2=O)cc1. The zero-order valence-electron chi connectivity index (χ0n) is 15.5. The summed E-state index contributed by atoms with van der Waals surface area (Å²) >= 11 is 0. The smallest absolute Gasteiger partial charge is 0.325 e.